The number of para-hydroxylation sites is 1. The first-order valence-electron chi connectivity index (χ1n) is 8.84. The number of carboxylic acids is 1. The van der Waals surface area contributed by atoms with E-state index in [1.165, 1.54) is 0 Å². The fourth-order valence-electron chi connectivity index (χ4n) is 3.46. The predicted octanol–water partition coefficient (Wildman–Crippen LogP) is 4.27. The monoisotopic (exact) mass is 360 g/mol. The number of aromatic nitrogens is 1. The van der Waals surface area contributed by atoms with Gasteiger partial charge in [0.25, 0.3) is 0 Å². The summed E-state index contributed by atoms with van der Waals surface area (Å²) in [6, 6.07) is 21.4. The first kappa shape index (κ1) is 17.1. The lowest BCUT2D eigenvalue weighted by molar-refractivity contribution is -0.136. The highest BCUT2D eigenvalue weighted by atomic mass is 16.4. The molecule has 0 saturated heterocycles. The maximum Gasteiger partial charge on any atom is 0.307 e. The number of carboxylic acid groups (broad SMARTS) is 1. The highest BCUT2D eigenvalue weighted by Crippen LogP contribution is 2.31. The number of benzene rings is 2. The molecule has 0 aliphatic rings. The van der Waals surface area contributed by atoms with Gasteiger partial charge in [-0.2, -0.15) is 0 Å². The van der Waals surface area contributed by atoms with Gasteiger partial charge in [-0.25, -0.2) is 0 Å². The molecule has 3 N–H and O–H groups in total. The Bertz CT molecular complexity index is 1040. The van der Waals surface area contributed by atoms with E-state index in [-0.39, 0.29) is 12.5 Å². The van der Waals surface area contributed by atoms with Crippen LogP contribution in [-0.4, -0.2) is 16.1 Å². The first-order chi connectivity index (χ1) is 13.2. The smallest absolute Gasteiger partial charge is 0.307 e. The zero-order chi connectivity index (χ0) is 18.6. The molecule has 2 heterocycles. The maximum atomic E-state index is 11.5. The first-order valence-corrected chi connectivity index (χ1v) is 8.84. The summed E-state index contributed by atoms with van der Waals surface area (Å²) in [7, 11) is 0. The molecular formula is C22H20N2O3. The van der Waals surface area contributed by atoms with Crippen molar-refractivity contribution in [3.8, 4) is 0 Å². The van der Waals surface area contributed by atoms with Crippen molar-refractivity contribution in [3.63, 3.8) is 0 Å². The third-order valence-electron chi connectivity index (χ3n) is 4.66. The number of carbonyl (C=O) groups is 1. The van der Waals surface area contributed by atoms with E-state index < -0.39 is 5.97 Å². The van der Waals surface area contributed by atoms with Gasteiger partial charge in [0.2, 0.25) is 0 Å². The van der Waals surface area contributed by atoms with Crippen LogP contribution in [-0.2, 0) is 17.8 Å². The van der Waals surface area contributed by atoms with E-state index >= 15 is 0 Å². The summed E-state index contributed by atoms with van der Waals surface area (Å²) in [4.78, 5) is 15.0. The van der Waals surface area contributed by atoms with Crippen LogP contribution in [0, 0.1) is 0 Å². The molecule has 0 fully saturated rings. The van der Waals surface area contributed by atoms with Crippen LogP contribution < -0.4 is 5.32 Å². The molecule has 5 heteroatoms. The summed E-state index contributed by atoms with van der Waals surface area (Å²) >= 11 is 0. The summed E-state index contributed by atoms with van der Waals surface area (Å²) in [6.45, 7) is 0.536. The molecule has 1 unspecified atom stereocenters. The molecule has 1 atom stereocenters. The molecule has 4 aromatic rings. The lowest BCUT2D eigenvalue weighted by Gasteiger charge is -2.19. The SMILES string of the molecule is O=C(O)Cc1c(C(NCc2ccco2)c2ccccc2)[nH]c2ccccc12. The molecule has 4 rings (SSSR count). The van der Waals surface area contributed by atoms with E-state index in [0.717, 1.165) is 33.5 Å². The average Bonchev–Trinajstić information content (AvgIpc) is 3.31. The Morgan fingerprint density at radius 3 is 2.56 bits per heavy atom. The van der Waals surface area contributed by atoms with Crippen molar-refractivity contribution in [3.05, 3.63) is 95.6 Å². The minimum Gasteiger partial charge on any atom is -0.481 e. The van der Waals surface area contributed by atoms with Crippen molar-refractivity contribution in [2.45, 2.75) is 19.0 Å². The highest BCUT2D eigenvalue weighted by Gasteiger charge is 2.23. The van der Waals surface area contributed by atoms with Gasteiger partial charge in [0.15, 0.2) is 0 Å². The Morgan fingerprint density at radius 1 is 1.04 bits per heavy atom. The quantitative estimate of drug-likeness (QED) is 0.460. The summed E-state index contributed by atoms with van der Waals surface area (Å²) in [5.41, 5.74) is 3.67. The minimum absolute atomic E-state index is 0.0366. The van der Waals surface area contributed by atoms with Crippen molar-refractivity contribution >= 4 is 16.9 Å². The van der Waals surface area contributed by atoms with Crippen LogP contribution in [0.4, 0.5) is 0 Å². The van der Waals surface area contributed by atoms with Gasteiger partial charge < -0.3 is 14.5 Å². The molecule has 136 valence electrons. The fourth-order valence-corrected chi connectivity index (χ4v) is 3.46. The van der Waals surface area contributed by atoms with Crippen molar-refractivity contribution in [2.24, 2.45) is 0 Å². The number of furan rings is 1. The second kappa shape index (κ2) is 7.51. The summed E-state index contributed by atoms with van der Waals surface area (Å²) < 4.78 is 5.44. The van der Waals surface area contributed by atoms with Gasteiger partial charge in [0.1, 0.15) is 5.76 Å². The van der Waals surface area contributed by atoms with Crippen LogP contribution in [0.15, 0.2) is 77.4 Å². The lowest BCUT2D eigenvalue weighted by atomic mass is 9.97. The predicted molar refractivity (Wildman–Crippen MR) is 103 cm³/mol. The van der Waals surface area contributed by atoms with Gasteiger partial charge in [-0.3, -0.25) is 10.1 Å². The number of hydrogen-bond acceptors (Lipinski definition) is 3. The number of rotatable bonds is 7. The van der Waals surface area contributed by atoms with E-state index in [9.17, 15) is 9.90 Å². The summed E-state index contributed by atoms with van der Waals surface area (Å²) in [6.07, 6.45) is 1.61. The second-order valence-corrected chi connectivity index (χ2v) is 6.44. The van der Waals surface area contributed by atoms with E-state index in [0.29, 0.717) is 6.54 Å². The van der Waals surface area contributed by atoms with Crippen molar-refractivity contribution in [2.75, 3.05) is 0 Å². The number of hydrogen-bond donors (Lipinski definition) is 3. The number of fused-ring (bicyclic) bond motifs is 1. The molecular weight excluding hydrogens is 340 g/mol. The second-order valence-electron chi connectivity index (χ2n) is 6.44. The Labute approximate surface area is 156 Å². The lowest BCUT2D eigenvalue weighted by Crippen LogP contribution is -2.23. The molecule has 0 aliphatic heterocycles. The number of aliphatic carboxylic acids is 1. The Morgan fingerprint density at radius 2 is 1.81 bits per heavy atom. The van der Waals surface area contributed by atoms with Gasteiger partial charge in [0, 0.05) is 16.6 Å². The van der Waals surface area contributed by atoms with E-state index in [1.54, 1.807) is 6.26 Å². The van der Waals surface area contributed by atoms with E-state index in [4.69, 9.17) is 4.42 Å². The van der Waals surface area contributed by atoms with Crippen molar-refractivity contribution < 1.29 is 14.3 Å². The molecule has 0 spiro atoms. The summed E-state index contributed by atoms with van der Waals surface area (Å²) in [5, 5.41) is 13.9. The van der Waals surface area contributed by atoms with Crippen LogP contribution >= 0.6 is 0 Å². The maximum absolute atomic E-state index is 11.5. The average molecular weight is 360 g/mol. The third-order valence-corrected chi connectivity index (χ3v) is 4.66. The van der Waals surface area contributed by atoms with Crippen LogP contribution in [0.1, 0.15) is 28.6 Å². The van der Waals surface area contributed by atoms with Crippen LogP contribution in [0.25, 0.3) is 10.9 Å². The number of nitrogens with one attached hydrogen (secondary N) is 2. The molecule has 0 bridgehead atoms. The van der Waals surface area contributed by atoms with Crippen LogP contribution in [0.5, 0.6) is 0 Å². The zero-order valence-corrected chi connectivity index (χ0v) is 14.7. The third kappa shape index (κ3) is 3.64. The van der Waals surface area contributed by atoms with Gasteiger partial charge in [0.05, 0.1) is 25.3 Å². The molecule has 5 nitrogen and oxygen atoms in total. The number of aromatic amines is 1. The highest BCUT2D eigenvalue weighted by molar-refractivity contribution is 5.88. The van der Waals surface area contributed by atoms with Crippen LogP contribution in [0.2, 0.25) is 0 Å². The molecule has 0 amide bonds. The zero-order valence-electron chi connectivity index (χ0n) is 14.7. The summed E-state index contributed by atoms with van der Waals surface area (Å²) in [5.74, 6) is -0.0225. The molecule has 2 aromatic carbocycles. The van der Waals surface area contributed by atoms with E-state index in [1.807, 2.05) is 66.7 Å². The van der Waals surface area contributed by atoms with Gasteiger partial charge >= 0.3 is 5.97 Å². The van der Waals surface area contributed by atoms with Gasteiger partial charge in [-0.1, -0.05) is 48.5 Å². The molecule has 27 heavy (non-hydrogen) atoms. The van der Waals surface area contributed by atoms with E-state index in [2.05, 4.69) is 10.3 Å². The van der Waals surface area contributed by atoms with Gasteiger partial charge in [-0.15, -0.1) is 0 Å². The molecule has 0 saturated carbocycles. The molecule has 0 radical (unpaired) electrons. The Hall–Kier alpha value is -3.31. The van der Waals surface area contributed by atoms with Crippen molar-refractivity contribution in [1.82, 2.24) is 10.3 Å². The minimum atomic E-state index is -0.848. The Balaban J connectivity index is 1.80. The fraction of sp³-hybridized carbons (Fsp3) is 0.136. The van der Waals surface area contributed by atoms with Gasteiger partial charge in [-0.05, 0) is 29.3 Å². The topological polar surface area (TPSA) is 78.3 Å². The molecule has 0 aliphatic carbocycles. The Kier molecular flexibility index (Phi) is 4.77. The largest absolute Gasteiger partial charge is 0.481 e. The normalized spacial score (nSPS) is 12.3. The van der Waals surface area contributed by atoms with Crippen molar-refractivity contribution in [1.29, 1.82) is 0 Å². The number of H-pyrrole nitrogens is 1. The standard InChI is InChI=1S/C22H20N2O3/c25-20(26)13-18-17-10-4-5-11-19(17)24-22(18)21(15-7-2-1-3-8-15)23-14-16-9-6-12-27-16/h1-12,21,23-24H,13-14H2,(H,25,26). The molecule has 2 aromatic heterocycles. The van der Waals surface area contributed by atoms with Crippen LogP contribution in [0.3, 0.4) is 0 Å².